The summed E-state index contributed by atoms with van der Waals surface area (Å²) in [6, 6.07) is 8.37. The molecule has 1 N–H and O–H groups in total. The van der Waals surface area contributed by atoms with Crippen LogP contribution >= 0.6 is 0 Å². The number of carbonyl (C=O) groups is 1. The van der Waals surface area contributed by atoms with Gasteiger partial charge in [0.05, 0.1) is 25.6 Å². The largest absolute Gasteiger partial charge is 0.378 e. The number of imidazole rings is 1. The molecular formula is C19H24N4O2. The predicted octanol–water partition coefficient (Wildman–Crippen LogP) is 2.24. The van der Waals surface area contributed by atoms with Gasteiger partial charge in [-0.1, -0.05) is 0 Å². The lowest BCUT2D eigenvalue weighted by molar-refractivity contribution is 0.0929. The predicted molar refractivity (Wildman–Crippen MR) is 95.8 cm³/mol. The fraction of sp³-hybridized carbons (Fsp3) is 0.474. The highest BCUT2D eigenvalue weighted by Gasteiger charge is 2.29. The van der Waals surface area contributed by atoms with Crippen LogP contribution in [-0.2, 0) is 4.74 Å². The molecule has 0 bridgehead atoms. The number of nitrogens with zero attached hydrogens (tertiary/aromatic N) is 3. The van der Waals surface area contributed by atoms with Crippen molar-refractivity contribution in [2.75, 3.05) is 31.2 Å². The molecule has 1 saturated heterocycles. The number of hydrogen-bond acceptors (Lipinski definition) is 4. The minimum absolute atomic E-state index is 0.00513. The fourth-order valence-electron chi connectivity index (χ4n) is 3.83. The molecule has 2 atom stereocenters. The summed E-state index contributed by atoms with van der Waals surface area (Å²) in [6.07, 6.45) is 8.83. The number of morpholine rings is 1. The van der Waals surface area contributed by atoms with Gasteiger partial charge in [-0.05, 0) is 43.5 Å². The second-order valence-corrected chi connectivity index (χ2v) is 6.73. The third-order valence-electron chi connectivity index (χ3n) is 5.21. The minimum Gasteiger partial charge on any atom is -0.378 e. The van der Waals surface area contributed by atoms with Crippen molar-refractivity contribution in [3.8, 4) is 0 Å². The summed E-state index contributed by atoms with van der Waals surface area (Å²) in [7, 11) is 0. The van der Waals surface area contributed by atoms with E-state index in [4.69, 9.17) is 4.74 Å². The second kappa shape index (κ2) is 7.27. The van der Waals surface area contributed by atoms with E-state index in [-0.39, 0.29) is 11.9 Å². The van der Waals surface area contributed by atoms with Gasteiger partial charge in [-0.3, -0.25) is 4.79 Å². The van der Waals surface area contributed by atoms with Crippen LogP contribution in [0.25, 0.3) is 0 Å². The van der Waals surface area contributed by atoms with E-state index < -0.39 is 0 Å². The maximum atomic E-state index is 12.6. The first kappa shape index (κ1) is 16.1. The number of hydrogen-bond donors (Lipinski definition) is 1. The molecular weight excluding hydrogens is 316 g/mol. The van der Waals surface area contributed by atoms with Gasteiger partial charge in [-0.2, -0.15) is 0 Å². The van der Waals surface area contributed by atoms with Gasteiger partial charge in [0, 0.05) is 42.8 Å². The normalized spacial score (nSPS) is 23.6. The Balaban J connectivity index is 1.40. The maximum absolute atomic E-state index is 12.6. The summed E-state index contributed by atoms with van der Waals surface area (Å²) in [5.74, 6) is 0.00513. The van der Waals surface area contributed by atoms with Gasteiger partial charge in [0.2, 0.25) is 0 Å². The highest BCUT2D eigenvalue weighted by atomic mass is 16.5. The summed E-state index contributed by atoms with van der Waals surface area (Å²) < 4.78 is 7.50. The molecule has 2 aliphatic rings. The zero-order valence-electron chi connectivity index (χ0n) is 14.3. The van der Waals surface area contributed by atoms with Crippen molar-refractivity contribution in [2.45, 2.75) is 31.3 Å². The summed E-state index contributed by atoms with van der Waals surface area (Å²) in [5.41, 5.74) is 1.87. The van der Waals surface area contributed by atoms with Crippen LogP contribution in [-0.4, -0.2) is 47.8 Å². The monoisotopic (exact) mass is 340 g/mol. The number of aromatic nitrogens is 2. The summed E-state index contributed by atoms with van der Waals surface area (Å²) >= 11 is 0. The third-order valence-corrected chi connectivity index (χ3v) is 5.21. The van der Waals surface area contributed by atoms with E-state index in [2.05, 4.69) is 19.8 Å². The Kier molecular flexibility index (Phi) is 4.70. The molecule has 1 amide bonds. The van der Waals surface area contributed by atoms with Crippen LogP contribution in [0.2, 0.25) is 0 Å². The molecule has 25 heavy (non-hydrogen) atoms. The molecule has 0 radical (unpaired) electrons. The molecule has 4 rings (SSSR count). The number of nitrogens with one attached hydrogen (secondary N) is 1. The van der Waals surface area contributed by atoms with E-state index in [0.717, 1.165) is 51.3 Å². The quantitative estimate of drug-likeness (QED) is 0.927. The Morgan fingerprint density at radius 2 is 1.96 bits per heavy atom. The van der Waals surface area contributed by atoms with Gasteiger partial charge in [0.1, 0.15) is 0 Å². The lowest BCUT2D eigenvalue weighted by atomic mass is 10.1. The number of ether oxygens (including phenoxy) is 1. The van der Waals surface area contributed by atoms with Crippen LogP contribution in [0.1, 0.15) is 35.7 Å². The molecule has 2 heterocycles. The second-order valence-electron chi connectivity index (χ2n) is 6.73. The van der Waals surface area contributed by atoms with Crippen molar-refractivity contribution < 1.29 is 9.53 Å². The number of carbonyl (C=O) groups excluding carboxylic acids is 1. The molecule has 2 fully saturated rings. The van der Waals surface area contributed by atoms with Gasteiger partial charge in [-0.25, -0.2) is 4.98 Å². The molecule has 1 aromatic heterocycles. The van der Waals surface area contributed by atoms with Crippen molar-refractivity contribution in [1.82, 2.24) is 14.9 Å². The molecule has 2 aromatic rings. The Morgan fingerprint density at radius 3 is 2.68 bits per heavy atom. The first-order valence-electron chi connectivity index (χ1n) is 9.02. The van der Waals surface area contributed by atoms with Gasteiger partial charge in [0.15, 0.2) is 0 Å². The number of anilines is 1. The van der Waals surface area contributed by atoms with Crippen molar-refractivity contribution in [1.29, 1.82) is 0 Å². The highest BCUT2D eigenvalue weighted by Crippen LogP contribution is 2.30. The Labute approximate surface area is 147 Å². The van der Waals surface area contributed by atoms with Crippen LogP contribution in [0.5, 0.6) is 0 Å². The molecule has 0 unspecified atom stereocenters. The van der Waals surface area contributed by atoms with E-state index in [1.54, 1.807) is 6.20 Å². The molecule has 1 aliphatic heterocycles. The van der Waals surface area contributed by atoms with Crippen LogP contribution in [0.4, 0.5) is 5.69 Å². The van der Waals surface area contributed by atoms with E-state index >= 15 is 0 Å². The SMILES string of the molecule is O=C(N[C@@H]1CCC[C@@H]1n1ccnc1)c1ccc(N2CCOCC2)cc1. The Morgan fingerprint density at radius 1 is 1.16 bits per heavy atom. The first-order valence-corrected chi connectivity index (χ1v) is 9.02. The smallest absolute Gasteiger partial charge is 0.251 e. The standard InChI is InChI=1S/C19H24N4O2/c24-19(21-17-2-1-3-18(17)23-9-8-20-14-23)15-4-6-16(7-5-15)22-10-12-25-13-11-22/h4-9,14,17-18H,1-3,10-13H2,(H,21,24)/t17-,18+/m1/s1. The summed E-state index contributed by atoms with van der Waals surface area (Å²) in [6.45, 7) is 3.33. The Bertz CT molecular complexity index is 693. The molecule has 1 aromatic carbocycles. The van der Waals surface area contributed by atoms with Crippen LogP contribution in [0.3, 0.4) is 0 Å². The van der Waals surface area contributed by atoms with Gasteiger partial charge in [0.25, 0.3) is 5.91 Å². The lowest BCUT2D eigenvalue weighted by Crippen LogP contribution is -2.38. The van der Waals surface area contributed by atoms with Crippen LogP contribution in [0.15, 0.2) is 43.0 Å². The molecule has 1 saturated carbocycles. The first-order chi connectivity index (χ1) is 12.3. The van der Waals surface area contributed by atoms with Crippen molar-refractivity contribution in [3.63, 3.8) is 0 Å². The molecule has 6 heteroatoms. The van der Waals surface area contributed by atoms with E-state index in [1.165, 1.54) is 0 Å². The lowest BCUT2D eigenvalue weighted by Gasteiger charge is -2.29. The highest BCUT2D eigenvalue weighted by molar-refractivity contribution is 5.94. The topological polar surface area (TPSA) is 59.4 Å². The summed E-state index contributed by atoms with van der Waals surface area (Å²) in [5, 5.41) is 3.21. The zero-order chi connectivity index (χ0) is 17.1. The van der Waals surface area contributed by atoms with Crippen molar-refractivity contribution in [3.05, 3.63) is 48.5 Å². The van der Waals surface area contributed by atoms with Crippen molar-refractivity contribution >= 4 is 11.6 Å². The van der Waals surface area contributed by atoms with Crippen LogP contribution < -0.4 is 10.2 Å². The molecule has 1 aliphatic carbocycles. The average molecular weight is 340 g/mol. The van der Waals surface area contributed by atoms with Gasteiger partial charge < -0.3 is 19.5 Å². The fourth-order valence-corrected chi connectivity index (χ4v) is 3.83. The molecule has 132 valence electrons. The maximum Gasteiger partial charge on any atom is 0.251 e. The van der Waals surface area contributed by atoms with Gasteiger partial charge >= 0.3 is 0 Å². The number of amides is 1. The van der Waals surface area contributed by atoms with Crippen LogP contribution in [0, 0.1) is 0 Å². The van der Waals surface area contributed by atoms with E-state index in [1.807, 2.05) is 36.8 Å². The third kappa shape index (κ3) is 3.54. The number of rotatable bonds is 4. The molecule has 6 nitrogen and oxygen atoms in total. The van der Waals surface area contributed by atoms with Gasteiger partial charge in [-0.15, -0.1) is 0 Å². The van der Waals surface area contributed by atoms with E-state index in [9.17, 15) is 4.79 Å². The van der Waals surface area contributed by atoms with E-state index in [0.29, 0.717) is 11.6 Å². The zero-order valence-corrected chi connectivity index (χ0v) is 14.3. The number of benzene rings is 1. The van der Waals surface area contributed by atoms with Crippen molar-refractivity contribution in [2.24, 2.45) is 0 Å². The summed E-state index contributed by atoms with van der Waals surface area (Å²) in [4.78, 5) is 19.1. The molecule has 0 spiro atoms. The Hall–Kier alpha value is -2.34. The average Bonchev–Trinajstić information content (AvgIpc) is 3.34. The minimum atomic E-state index is 0.00513.